The van der Waals surface area contributed by atoms with E-state index in [1.54, 1.807) is 20.0 Å². The Bertz CT molecular complexity index is 173. The zero-order valence-corrected chi connectivity index (χ0v) is 6.89. The minimum atomic E-state index is -0.0946. The number of carbonyl (C=O) groups is 2. The van der Waals surface area contributed by atoms with E-state index >= 15 is 0 Å². The van der Waals surface area contributed by atoms with E-state index in [0.29, 0.717) is 6.42 Å². The first-order chi connectivity index (χ1) is 5.20. The van der Waals surface area contributed by atoms with Crippen molar-refractivity contribution in [2.75, 3.05) is 7.05 Å². The summed E-state index contributed by atoms with van der Waals surface area (Å²) in [6.45, 7) is 1.78. The molecular formula is C8H13NO2. The van der Waals surface area contributed by atoms with Crippen molar-refractivity contribution in [2.24, 2.45) is 0 Å². The predicted octanol–water partition coefficient (Wildman–Crippen LogP) is 0.658. The van der Waals surface area contributed by atoms with E-state index in [2.05, 4.69) is 5.32 Å². The van der Waals surface area contributed by atoms with Crippen LogP contribution in [0, 0.1) is 0 Å². The molecular weight excluding hydrogens is 142 g/mol. The van der Waals surface area contributed by atoms with Crippen molar-refractivity contribution < 1.29 is 9.59 Å². The lowest BCUT2D eigenvalue weighted by Crippen LogP contribution is -2.18. The van der Waals surface area contributed by atoms with Gasteiger partial charge < -0.3 is 5.32 Å². The van der Waals surface area contributed by atoms with Crippen molar-refractivity contribution in [3.05, 3.63) is 12.2 Å². The number of rotatable bonds is 4. The first-order valence-electron chi connectivity index (χ1n) is 3.56. The van der Waals surface area contributed by atoms with Crippen LogP contribution in [0.25, 0.3) is 0 Å². The van der Waals surface area contributed by atoms with Gasteiger partial charge in [0.1, 0.15) is 0 Å². The minimum Gasteiger partial charge on any atom is -0.359 e. The quantitative estimate of drug-likeness (QED) is 0.606. The van der Waals surface area contributed by atoms with Gasteiger partial charge in [0.2, 0.25) is 5.91 Å². The molecule has 0 aliphatic carbocycles. The van der Waals surface area contributed by atoms with Gasteiger partial charge in [0.15, 0.2) is 5.78 Å². The Kier molecular flexibility index (Phi) is 5.07. The van der Waals surface area contributed by atoms with Crippen LogP contribution in [0.3, 0.4) is 0 Å². The van der Waals surface area contributed by atoms with Crippen LogP contribution in [-0.4, -0.2) is 18.7 Å². The van der Waals surface area contributed by atoms with Crippen molar-refractivity contribution in [3.63, 3.8) is 0 Å². The van der Waals surface area contributed by atoms with Gasteiger partial charge in [-0.05, 0) is 13.0 Å². The lowest BCUT2D eigenvalue weighted by Gasteiger charge is -1.94. The fourth-order valence-corrected chi connectivity index (χ4v) is 0.631. The van der Waals surface area contributed by atoms with Gasteiger partial charge in [0.05, 0.1) is 0 Å². The maximum Gasteiger partial charge on any atom is 0.220 e. The van der Waals surface area contributed by atoms with E-state index in [-0.39, 0.29) is 18.1 Å². The van der Waals surface area contributed by atoms with Gasteiger partial charge in [-0.25, -0.2) is 0 Å². The van der Waals surface area contributed by atoms with E-state index in [1.807, 2.05) is 0 Å². The van der Waals surface area contributed by atoms with Crippen molar-refractivity contribution >= 4 is 11.7 Å². The Morgan fingerprint density at radius 2 is 2.00 bits per heavy atom. The zero-order valence-electron chi connectivity index (χ0n) is 6.89. The smallest absolute Gasteiger partial charge is 0.220 e. The molecule has 62 valence electrons. The highest BCUT2D eigenvalue weighted by molar-refractivity contribution is 5.92. The monoisotopic (exact) mass is 155 g/mol. The number of ketones is 1. The fraction of sp³-hybridized carbons (Fsp3) is 0.500. The maximum absolute atomic E-state index is 10.8. The van der Waals surface area contributed by atoms with Crippen LogP contribution < -0.4 is 5.32 Å². The first kappa shape index (κ1) is 9.88. The second-order valence-corrected chi connectivity index (χ2v) is 2.14. The second kappa shape index (κ2) is 5.65. The fourth-order valence-electron chi connectivity index (χ4n) is 0.631. The van der Waals surface area contributed by atoms with E-state index in [0.717, 1.165) is 0 Å². The number of carbonyl (C=O) groups excluding carboxylic acids is 2. The molecule has 0 fully saturated rings. The van der Waals surface area contributed by atoms with Crippen LogP contribution in [0.2, 0.25) is 0 Å². The Morgan fingerprint density at radius 1 is 1.36 bits per heavy atom. The van der Waals surface area contributed by atoms with Crippen LogP contribution in [-0.2, 0) is 9.59 Å². The van der Waals surface area contributed by atoms with Crippen molar-refractivity contribution in [3.8, 4) is 0 Å². The molecule has 0 saturated carbocycles. The molecule has 0 atom stereocenters. The Morgan fingerprint density at radius 3 is 2.45 bits per heavy atom. The topological polar surface area (TPSA) is 46.2 Å². The average Bonchev–Trinajstić information content (AvgIpc) is 2.01. The number of allylic oxidation sites excluding steroid dienone is 2. The molecule has 3 nitrogen and oxygen atoms in total. The number of hydrogen-bond acceptors (Lipinski definition) is 2. The molecule has 0 aliphatic rings. The Labute approximate surface area is 66.5 Å². The molecule has 0 rings (SSSR count). The SMILES string of the molecule is C/C=C/C(=O)CCC(=O)NC. The summed E-state index contributed by atoms with van der Waals surface area (Å²) in [6.07, 6.45) is 3.72. The normalized spacial score (nSPS) is 10.0. The third kappa shape index (κ3) is 5.33. The summed E-state index contributed by atoms with van der Waals surface area (Å²) in [5, 5.41) is 2.45. The van der Waals surface area contributed by atoms with Gasteiger partial charge in [0.25, 0.3) is 0 Å². The number of nitrogens with one attached hydrogen (secondary N) is 1. The van der Waals surface area contributed by atoms with Crippen LogP contribution in [0.4, 0.5) is 0 Å². The summed E-state index contributed by atoms with van der Waals surface area (Å²) in [7, 11) is 1.56. The highest BCUT2D eigenvalue weighted by atomic mass is 16.1. The molecule has 0 unspecified atom stereocenters. The standard InChI is InChI=1S/C8H13NO2/c1-3-4-7(10)5-6-8(11)9-2/h3-4H,5-6H2,1-2H3,(H,9,11)/b4-3+. The van der Waals surface area contributed by atoms with Crippen LogP contribution in [0.5, 0.6) is 0 Å². The van der Waals surface area contributed by atoms with Crippen molar-refractivity contribution in [2.45, 2.75) is 19.8 Å². The summed E-state index contributed by atoms with van der Waals surface area (Å²) < 4.78 is 0. The average molecular weight is 155 g/mol. The molecule has 1 N–H and O–H groups in total. The summed E-state index contributed by atoms with van der Waals surface area (Å²) in [5.41, 5.74) is 0. The van der Waals surface area contributed by atoms with Crippen molar-refractivity contribution in [1.82, 2.24) is 5.32 Å². The molecule has 0 aromatic carbocycles. The summed E-state index contributed by atoms with van der Waals surface area (Å²) in [6, 6.07) is 0. The number of hydrogen-bond donors (Lipinski definition) is 1. The molecule has 3 heteroatoms. The van der Waals surface area contributed by atoms with Crippen LogP contribution in [0.15, 0.2) is 12.2 Å². The third-order valence-corrected chi connectivity index (χ3v) is 1.23. The maximum atomic E-state index is 10.8. The van der Waals surface area contributed by atoms with E-state index in [1.165, 1.54) is 6.08 Å². The highest BCUT2D eigenvalue weighted by Gasteiger charge is 2.00. The molecule has 0 saturated heterocycles. The molecule has 0 radical (unpaired) electrons. The van der Waals surface area contributed by atoms with Crippen LogP contribution >= 0.6 is 0 Å². The van der Waals surface area contributed by atoms with E-state index in [4.69, 9.17) is 0 Å². The van der Waals surface area contributed by atoms with Gasteiger partial charge in [-0.1, -0.05) is 6.08 Å². The molecule has 0 heterocycles. The van der Waals surface area contributed by atoms with Crippen molar-refractivity contribution in [1.29, 1.82) is 0 Å². The third-order valence-electron chi connectivity index (χ3n) is 1.23. The van der Waals surface area contributed by atoms with Gasteiger partial charge in [-0.2, -0.15) is 0 Å². The van der Waals surface area contributed by atoms with Gasteiger partial charge >= 0.3 is 0 Å². The van der Waals surface area contributed by atoms with E-state index < -0.39 is 0 Å². The number of amides is 1. The Balaban J connectivity index is 3.54. The minimum absolute atomic E-state index is 0.00361. The zero-order chi connectivity index (χ0) is 8.69. The molecule has 0 aliphatic heterocycles. The van der Waals surface area contributed by atoms with Gasteiger partial charge in [-0.15, -0.1) is 0 Å². The lowest BCUT2D eigenvalue weighted by atomic mass is 10.2. The summed E-state index contributed by atoms with van der Waals surface area (Å²) in [4.78, 5) is 21.4. The molecule has 0 spiro atoms. The molecule has 0 aromatic heterocycles. The van der Waals surface area contributed by atoms with Gasteiger partial charge in [-0.3, -0.25) is 9.59 Å². The second-order valence-electron chi connectivity index (χ2n) is 2.14. The molecule has 0 aromatic rings. The first-order valence-corrected chi connectivity index (χ1v) is 3.56. The largest absolute Gasteiger partial charge is 0.359 e. The molecule has 11 heavy (non-hydrogen) atoms. The predicted molar refractivity (Wildman–Crippen MR) is 43.1 cm³/mol. The molecule has 0 bridgehead atoms. The summed E-state index contributed by atoms with van der Waals surface area (Å²) in [5.74, 6) is -0.0982. The van der Waals surface area contributed by atoms with E-state index in [9.17, 15) is 9.59 Å². The van der Waals surface area contributed by atoms with Crippen LogP contribution in [0.1, 0.15) is 19.8 Å². The van der Waals surface area contributed by atoms with Gasteiger partial charge in [0, 0.05) is 19.9 Å². The summed E-state index contributed by atoms with van der Waals surface area (Å²) >= 11 is 0. The highest BCUT2D eigenvalue weighted by Crippen LogP contribution is 1.91. The lowest BCUT2D eigenvalue weighted by molar-refractivity contribution is -0.123. The molecule has 1 amide bonds. The Hall–Kier alpha value is -1.12.